The van der Waals surface area contributed by atoms with Gasteiger partial charge >= 0.3 is 5.97 Å². The van der Waals surface area contributed by atoms with Gasteiger partial charge in [0.05, 0.1) is 11.9 Å². The van der Waals surface area contributed by atoms with Crippen molar-refractivity contribution in [2.75, 3.05) is 7.05 Å². The van der Waals surface area contributed by atoms with E-state index in [0.29, 0.717) is 5.69 Å². The number of carbonyl (C=O) groups is 2. The molecule has 6 heteroatoms. The van der Waals surface area contributed by atoms with Crippen LogP contribution < -0.4 is 0 Å². The molecule has 16 heavy (non-hydrogen) atoms. The van der Waals surface area contributed by atoms with Crippen molar-refractivity contribution in [1.29, 1.82) is 0 Å². The normalized spacial score (nSPS) is 11.2. The van der Waals surface area contributed by atoms with Gasteiger partial charge in [-0.1, -0.05) is 0 Å². The van der Waals surface area contributed by atoms with E-state index in [4.69, 9.17) is 5.11 Å². The zero-order valence-electron chi connectivity index (χ0n) is 9.43. The molecule has 0 radical (unpaired) electrons. The number of hydrogen-bond donors (Lipinski definition) is 1. The van der Waals surface area contributed by atoms with Crippen molar-refractivity contribution < 1.29 is 14.7 Å². The molecule has 0 aliphatic carbocycles. The van der Waals surface area contributed by atoms with Crippen molar-refractivity contribution in [3.05, 3.63) is 16.6 Å². The second kappa shape index (κ2) is 4.61. The van der Waals surface area contributed by atoms with Gasteiger partial charge < -0.3 is 10.0 Å². The Morgan fingerprint density at radius 3 is 2.62 bits per heavy atom. The number of carbonyl (C=O) groups excluding carboxylic acids is 1. The van der Waals surface area contributed by atoms with Crippen LogP contribution in [0.3, 0.4) is 0 Å². The van der Waals surface area contributed by atoms with E-state index in [2.05, 4.69) is 4.98 Å². The zero-order valence-corrected chi connectivity index (χ0v) is 10.2. The highest BCUT2D eigenvalue weighted by Gasteiger charge is 2.31. The van der Waals surface area contributed by atoms with Crippen LogP contribution in [0.2, 0.25) is 0 Å². The van der Waals surface area contributed by atoms with Crippen LogP contribution in [0.5, 0.6) is 0 Å². The van der Waals surface area contributed by atoms with E-state index >= 15 is 0 Å². The summed E-state index contributed by atoms with van der Waals surface area (Å²) in [4.78, 5) is 27.9. The van der Waals surface area contributed by atoms with Gasteiger partial charge in [-0.15, -0.1) is 11.3 Å². The van der Waals surface area contributed by atoms with Crippen LogP contribution in [0.4, 0.5) is 0 Å². The number of carboxylic acid groups (broad SMARTS) is 1. The molecule has 0 fully saturated rings. The lowest BCUT2D eigenvalue weighted by atomic mass is 9.98. The van der Waals surface area contributed by atoms with Crippen LogP contribution >= 0.6 is 11.3 Å². The number of carboxylic acids is 1. The number of amides is 1. The fraction of sp³-hybridized carbons (Fsp3) is 0.500. The van der Waals surface area contributed by atoms with Crippen molar-refractivity contribution in [2.45, 2.75) is 25.8 Å². The first-order valence-corrected chi connectivity index (χ1v) is 5.67. The van der Waals surface area contributed by atoms with Gasteiger partial charge in [-0.3, -0.25) is 9.59 Å². The van der Waals surface area contributed by atoms with E-state index in [1.807, 2.05) is 0 Å². The molecule has 0 spiro atoms. The average Bonchev–Trinajstić information content (AvgIpc) is 2.66. The predicted octanol–water partition coefficient (Wildman–Crippen LogP) is 1.47. The fourth-order valence-electron chi connectivity index (χ4n) is 1.25. The van der Waals surface area contributed by atoms with Gasteiger partial charge in [-0.25, -0.2) is 4.98 Å². The summed E-state index contributed by atoms with van der Waals surface area (Å²) in [6.45, 7) is 3.43. The first-order chi connectivity index (χ1) is 7.34. The summed E-state index contributed by atoms with van der Waals surface area (Å²) < 4.78 is 0. The molecule has 1 rings (SSSR count). The third-order valence-corrected chi connectivity index (χ3v) is 3.03. The summed E-state index contributed by atoms with van der Waals surface area (Å²) in [6, 6.07) is 0. The molecule has 0 bridgehead atoms. The lowest BCUT2D eigenvalue weighted by Crippen LogP contribution is -2.46. The fourth-order valence-corrected chi connectivity index (χ4v) is 1.78. The highest BCUT2D eigenvalue weighted by Crippen LogP contribution is 2.19. The molecule has 0 aliphatic heterocycles. The standard InChI is InChI=1S/C10H14N2O3S/c1-10(2,4-8(13)14)12(3)9(15)7-5-16-6-11-7/h5-6H,4H2,1-3H3,(H,13,14). The zero-order chi connectivity index (χ0) is 12.3. The van der Waals surface area contributed by atoms with E-state index in [1.54, 1.807) is 31.8 Å². The molecule has 0 aliphatic rings. The molecule has 5 nitrogen and oxygen atoms in total. The summed E-state index contributed by atoms with van der Waals surface area (Å²) in [7, 11) is 1.59. The van der Waals surface area contributed by atoms with Gasteiger partial charge in [0.1, 0.15) is 5.69 Å². The van der Waals surface area contributed by atoms with E-state index < -0.39 is 11.5 Å². The van der Waals surface area contributed by atoms with Crippen LogP contribution in [0.25, 0.3) is 0 Å². The average molecular weight is 242 g/mol. The summed E-state index contributed by atoms with van der Waals surface area (Å²) in [5.41, 5.74) is 1.20. The number of hydrogen-bond acceptors (Lipinski definition) is 4. The van der Waals surface area contributed by atoms with Gasteiger partial charge in [0.2, 0.25) is 0 Å². The number of aliphatic carboxylic acids is 1. The lowest BCUT2D eigenvalue weighted by Gasteiger charge is -2.33. The first-order valence-electron chi connectivity index (χ1n) is 4.73. The third kappa shape index (κ3) is 2.79. The summed E-state index contributed by atoms with van der Waals surface area (Å²) in [5, 5.41) is 10.4. The predicted molar refractivity (Wildman–Crippen MR) is 60.5 cm³/mol. The van der Waals surface area contributed by atoms with Gasteiger partial charge in [0.15, 0.2) is 0 Å². The molecule has 0 atom stereocenters. The van der Waals surface area contributed by atoms with Crippen molar-refractivity contribution in [3.63, 3.8) is 0 Å². The minimum atomic E-state index is -0.928. The topological polar surface area (TPSA) is 70.5 Å². The van der Waals surface area contributed by atoms with Crippen LogP contribution in [-0.4, -0.2) is 39.5 Å². The Bertz CT molecular complexity index is 387. The molecule has 0 unspecified atom stereocenters. The van der Waals surface area contributed by atoms with Crippen molar-refractivity contribution in [2.24, 2.45) is 0 Å². The minimum absolute atomic E-state index is 0.0978. The van der Waals surface area contributed by atoms with Crippen LogP contribution in [0.15, 0.2) is 10.9 Å². The number of thiazole rings is 1. The van der Waals surface area contributed by atoms with E-state index in [9.17, 15) is 9.59 Å². The molecular weight excluding hydrogens is 228 g/mol. The van der Waals surface area contributed by atoms with Crippen molar-refractivity contribution in [1.82, 2.24) is 9.88 Å². The Kier molecular flexibility index (Phi) is 3.64. The smallest absolute Gasteiger partial charge is 0.305 e. The van der Waals surface area contributed by atoms with E-state index in [-0.39, 0.29) is 12.3 Å². The SMILES string of the molecule is CN(C(=O)c1cscn1)C(C)(C)CC(=O)O. The second-order valence-corrected chi connectivity index (χ2v) is 4.84. The lowest BCUT2D eigenvalue weighted by molar-refractivity contribution is -0.139. The minimum Gasteiger partial charge on any atom is -0.481 e. The van der Waals surface area contributed by atoms with Gasteiger partial charge in [0.25, 0.3) is 5.91 Å². The molecule has 1 heterocycles. The van der Waals surface area contributed by atoms with Gasteiger partial charge in [-0.2, -0.15) is 0 Å². The summed E-state index contributed by atoms with van der Waals surface area (Å²) in [6.07, 6.45) is -0.0978. The second-order valence-electron chi connectivity index (χ2n) is 4.12. The summed E-state index contributed by atoms with van der Waals surface area (Å²) >= 11 is 1.33. The Morgan fingerprint density at radius 2 is 2.19 bits per heavy atom. The Labute approximate surface area is 97.7 Å². The Morgan fingerprint density at radius 1 is 1.56 bits per heavy atom. The molecule has 88 valence electrons. The molecule has 0 aromatic carbocycles. The van der Waals surface area contributed by atoms with E-state index in [0.717, 1.165) is 0 Å². The highest BCUT2D eigenvalue weighted by atomic mass is 32.1. The quantitative estimate of drug-likeness (QED) is 0.868. The Balaban J connectivity index is 2.81. The molecule has 1 aromatic heterocycles. The molecule has 0 saturated heterocycles. The molecule has 0 saturated carbocycles. The van der Waals surface area contributed by atoms with Crippen LogP contribution in [0.1, 0.15) is 30.8 Å². The van der Waals surface area contributed by atoms with Crippen LogP contribution in [-0.2, 0) is 4.79 Å². The van der Waals surface area contributed by atoms with Crippen molar-refractivity contribution in [3.8, 4) is 0 Å². The molecule has 1 amide bonds. The van der Waals surface area contributed by atoms with Crippen molar-refractivity contribution >= 4 is 23.2 Å². The maximum Gasteiger partial charge on any atom is 0.305 e. The maximum atomic E-state index is 11.9. The first kappa shape index (κ1) is 12.6. The maximum absolute atomic E-state index is 11.9. The molecule has 1 N–H and O–H groups in total. The molecular formula is C10H14N2O3S. The number of rotatable bonds is 4. The highest BCUT2D eigenvalue weighted by molar-refractivity contribution is 7.07. The van der Waals surface area contributed by atoms with Crippen LogP contribution in [0, 0.1) is 0 Å². The largest absolute Gasteiger partial charge is 0.481 e. The third-order valence-electron chi connectivity index (χ3n) is 2.45. The monoisotopic (exact) mass is 242 g/mol. The Hall–Kier alpha value is -1.43. The number of aromatic nitrogens is 1. The number of nitrogens with zero attached hydrogens (tertiary/aromatic N) is 2. The van der Waals surface area contributed by atoms with Gasteiger partial charge in [0, 0.05) is 18.0 Å². The molecule has 1 aromatic rings. The van der Waals surface area contributed by atoms with E-state index in [1.165, 1.54) is 16.2 Å². The van der Waals surface area contributed by atoms with Gasteiger partial charge in [-0.05, 0) is 13.8 Å². The summed E-state index contributed by atoms with van der Waals surface area (Å²) in [5.74, 6) is -1.18.